The molecule has 1 heterocycles. The molecule has 3 N–H and O–H groups in total. The number of carbonyl (C=O) groups is 1. The first kappa shape index (κ1) is 13.5. The first-order valence-electron chi connectivity index (χ1n) is 6.41. The van der Waals surface area contributed by atoms with Crippen molar-refractivity contribution in [2.45, 2.75) is 33.2 Å². The van der Waals surface area contributed by atoms with E-state index in [0.717, 1.165) is 16.6 Å². The second-order valence-electron chi connectivity index (χ2n) is 5.13. The van der Waals surface area contributed by atoms with Gasteiger partial charge < -0.3 is 10.5 Å². The second-order valence-corrected chi connectivity index (χ2v) is 5.13. The van der Waals surface area contributed by atoms with E-state index in [1.807, 2.05) is 19.1 Å². The Morgan fingerprint density at radius 2 is 2.16 bits per heavy atom. The van der Waals surface area contributed by atoms with Gasteiger partial charge in [0.1, 0.15) is 5.75 Å². The smallest absolute Gasteiger partial charge is 0.313 e. The lowest BCUT2D eigenvalue weighted by Gasteiger charge is -2.07. The van der Waals surface area contributed by atoms with Crippen LogP contribution in [0.5, 0.6) is 5.75 Å². The molecule has 1 unspecified atom stereocenters. The normalized spacial score (nSPS) is 12.9. The van der Waals surface area contributed by atoms with Crippen LogP contribution in [0.3, 0.4) is 0 Å². The van der Waals surface area contributed by atoms with E-state index in [9.17, 15) is 4.79 Å². The number of hydrogen-bond donors (Lipinski definition) is 2. The number of nitrogens with two attached hydrogens (primary N) is 1. The molecule has 0 amide bonds. The average Bonchev–Trinajstić information content (AvgIpc) is 2.71. The Labute approximate surface area is 112 Å². The van der Waals surface area contributed by atoms with Crippen LogP contribution in [0.25, 0.3) is 10.9 Å². The van der Waals surface area contributed by atoms with Gasteiger partial charge in [0.25, 0.3) is 0 Å². The fraction of sp³-hybridized carbons (Fsp3) is 0.429. The summed E-state index contributed by atoms with van der Waals surface area (Å²) in [5, 5.41) is 8.15. The molecule has 0 fully saturated rings. The molecule has 0 spiro atoms. The van der Waals surface area contributed by atoms with Crippen LogP contribution >= 0.6 is 0 Å². The summed E-state index contributed by atoms with van der Waals surface area (Å²) in [5.41, 5.74) is 7.61. The molecule has 19 heavy (non-hydrogen) atoms. The van der Waals surface area contributed by atoms with E-state index < -0.39 is 0 Å². The molecule has 2 rings (SSSR count). The van der Waals surface area contributed by atoms with Crippen LogP contribution in [-0.4, -0.2) is 22.2 Å². The number of hydrogen-bond acceptors (Lipinski definition) is 4. The number of rotatable bonds is 4. The van der Waals surface area contributed by atoms with Gasteiger partial charge in [-0.25, -0.2) is 0 Å². The molecule has 0 saturated carbocycles. The number of fused-ring (bicyclic) bond motifs is 1. The van der Waals surface area contributed by atoms with Gasteiger partial charge in [-0.15, -0.1) is 0 Å². The van der Waals surface area contributed by atoms with Gasteiger partial charge in [-0.05, 0) is 25.1 Å². The number of H-pyrrole nitrogens is 1. The third-order valence-electron chi connectivity index (χ3n) is 2.82. The van der Waals surface area contributed by atoms with E-state index in [-0.39, 0.29) is 17.9 Å². The Hall–Kier alpha value is -1.88. The van der Waals surface area contributed by atoms with E-state index in [4.69, 9.17) is 10.5 Å². The molecule has 1 aromatic heterocycles. The van der Waals surface area contributed by atoms with Crippen molar-refractivity contribution in [1.29, 1.82) is 0 Å². The highest BCUT2D eigenvalue weighted by Gasteiger charge is 2.12. The van der Waals surface area contributed by atoms with Crippen molar-refractivity contribution in [1.82, 2.24) is 10.2 Å². The van der Waals surface area contributed by atoms with Crippen LogP contribution in [0.4, 0.5) is 0 Å². The van der Waals surface area contributed by atoms with Crippen molar-refractivity contribution in [3.63, 3.8) is 0 Å². The van der Waals surface area contributed by atoms with E-state index in [2.05, 4.69) is 10.2 Å². The van der Waals surface area contributed by atoms with Crippen molar-refractivity contribution in [3.05, 3.63) is 23.9 Å². The number of carbonyl (C=O) groups excluding carboxylic acids is 1. The molecule has 2 aromatic rings. The minimum Gasteiger partial charge on any atom is -0.426 e. The first-order chi connectivity index (χ1) is 8.97. The maximum Gasteiger partial charge on any atom is 0.313 e. The molecule has 102 valence electrons. The fourth-order valence-corrected chi connectivity index (χ4v) is 1.81. The number of ether oxygens (including phenoxy) is 1. The van der Waals surface area contributed by atoms with E-state index in [1.165, 1.54) is 0 Å². The number of nitrogens with one attached hydrogen (secondary N) is 1. The van der Waals surface area contributed by atoms with E-state index in [0.29, 0.717) is 12.2 Å². The largest absolute Gasteiger partial charge is 0.426 e. The molecule has 1 aromatic carbocycles. The lowest BCUT2D eigenvalue weighted by molar-refractivity contribution is -0.137. The van der Waals surface area contributed by atoms with Crippen LogP contribution in [0, 0.1) is 5.92 Å². The SMILES string of the molecule is CC(N)Cc1n[nH]c2ccc(OC(=O)C(C)C)cc12. The maximum atomic E-state index is 11.6. The Morgan fingerprint density at radius 1 is 1.42 bits per heavy atom. The Kier molecular flexibility index (Phi) is 3.85. The van der Waals surface area contributed by atoms with Crippen molar-refractivity contribution < 1.29 is 9.53 Å². The summed E-state index contributed by atoms with van der Waals surface area (Å²) in [6.07, 6.45) is 0.682. The van der Waals surface area contributed by atoms with Gasteiger partial charge in [-0.3, -0.25) is 9.89 Å². The molecule has 5 heteroatoms. The van der Waals surface area contributed by atoms with Gasteiger partial charge >= 0.3 is 5.97 Å². The summed E-state index contributed by atoms with van der Waals surface area (Å²) in [6, 6.07) is 5.48. The number of nitrogens with zero attached hydrogens (tertiary/aromatic N) is 1. The molecule has 0 aliphatic heterocycles. The molecule has 1 atom stereocenters. The zero-order valence-corrected chi connectivity index (χ0v) is 11.4. The molecule has 0 saturated heterocycles. The standard InChI is InChI=1S/C14H19N3O2/c1-8(2)14(18)19-10-4-5-12-11(7-10)13(17-16-12)6-9(3)15/h4-5,7-9H,6,15H2,1-3H3,(H,16,17). The number of esters is 1. The van der Waals surface area contributed by atoms with Gasteiger partial charge in [-0.1, -0.05) is 13.8 Å². The average molecular weight is 261 g/mol. The highest BCUT2D eigenvalue weighted by Crippen LogP contribution is 2.23. The molecule has 0 radical (unpaired) electrons. The van der Waals surface area contributed by atoms with Crippen molar-refractivity contribution >= 4 is 16.9 Å². The summed E-state index contributed by atoms with van der Waals surface area (Å²) in [7, 11) is 0. The van der Waals surface area contributed by atoms with Crippen LogP contribution in [0.1, 0.15) is 26.5 Å². The monoisotopic (exact) mass is 261 g/mol. The van der Waals surface area contributed by atoms with Gasteiger partial charge in [-0.2, -0.15) is 5.10 Å². The zero-order valence-electron chi connectivity index (χ0n) is 11.4. The second kappa shape index (κ2) is 5.40. The third kappa shape index (κ3) is 3.12. The van der Waals surface area contributed by atoms with Gasteiger partial charge in [0.15, 0.2) is 0 Å². The lowest BCUT2D eigenvalue weighted by Crippen LogP contribution is -2.18. The molecule has 5 nitrogen and oxygen atoms in total. The summed E-state index contributed by atoms with van der Waals surface area (Å²) >= 11 is 0. The maximum absolute atomic E-state index is 11.6. The predicted molar refractivity (Wildman–Crippen MR) is 73.9 cm³/mol. The van der Waals surface area contributed by atoms with Crippen LogP contribution < -0.4 is 10.5 Å². The quantitative estimate of drug-likeness (QED) is 0.651. The predicted octanol–water partition coefficient (Wildman–Crippen LogP) is 2.01. The highest BCUT2D eigenvalue weighted by atomic mass is 16.5. The van der Waals surface area contributed by atoms with E-state index in [1.54, 1.807) is 19.9 Å². The third-order valence-corrected chi connectivity index (χ3v) is 2.82. The van der Waals surface area contributed by atoms with E-state index >= 15 is 0 Å². The summed E-state index contributed by atoms with van der Waals surface area (Å²) in [4.78, 5) is 11.6. The van der Waals surface area contributed by atoms with Crippen molar-refractivity contribution in [2.24, 2.45) is 11.7 Å². The number of benzene rings is 1. The topological polar surface area (TPSA) is 81.0 Å². The van der Waals surface area contributed by atoms with Crippen LogP contribution in [0.15, 0.2) is 18.2 Å². The number of aromatic nitrogens is 2. The van der Waals surface area contributed by atoms with Gasteiger partial charge in [0.2, 0.25) is 0 Å². The van der Waals surface area contributed by atoms with Gasteiger partial charge in [0, 0.05) is 17.8 Å². The fourth-order valence-electron chi connectivity index (χ4n) is 1.81. The zero-order chi connectivity index (χ0) is 14.0. The van der Waals surface area contributed by atoms with Crippen LogP contribution in [-0.2, 0) is 11.2 Å². The Morgan fingerprint density at radius 3 is 2.79 bits per heavy atom. The molecule has 0 aliphatic carbocycles. The molecular formula is C14H19N3O2. The Balaban J connectivity index is 2.30. The van der Waals surface area contributed by atoms with Crippen molar-refractivity contribution in [3.8, 4) is 5.75 Å². The van der Waals surface area contributed by atoms with Gasteiger partial charge in [0.05, 0.1) is 17.1 Å². The molecular weight excluding hydrogens is 242 g/mol. The van der Waals surface area contributed by atoms with Crippen LogP contribution in [0.2, 0.25) is 0 Å². The summed E-state index contributed by atoms with van der Waals surface area (Å²) in [6.45, 7) is 5.55. The molecule has 0 bridgehead atoms. The summed E-state index contributed by atoms with van der Waals surface area (Å²) in [5.74, 6) is 0.152. The van der Waals surface area contributed by atoms with Crippen molar-refractivity contribution in [2.75, 3.05) is 0 Å². The minimum atomic E-state index is -0.239. The Bertz CT molecular complexity index is 587. The minimum absolute atomic E-state index is 0.0355. The lowest BCUT2D eigenvalue weighted by atomic mass is 10.1. The highest BCUT2D eigenvalue weighted by molar-refractivity contribution is 5.84. The first-order valence-corrected chi connectivity index (χ1v) is 6.41. The summed E-state index contributed by atoms with van der Waals surface area (Å²) < 4.78 is 5.30. The molecule has 0 aliphatic rings. The number of aromatic amines is 1.